The third kappa shape index (κ3) is 3.36. The average Bonchev–Trinajstić information content (AvgIpc) is 2.17. The van der Waals surface area contributed by atoms with E-state index in [-0.39, 0.29) is 0 Å². The number of carbonyl (C=O) groups excluding carboxylic acids is 2. The third-order valence-corrected chi connectivity index (χ3v) is 1.50. The molecule has 0 spiro atoms. The van der Waals surface area contributed by atoms with Gasteiger partial charge in [0.2, 0.25) is 0 Å². The molecule has 0 aliphatic heterocycles. The molecule has 1 aromatic rings. The van der Waals surface area contributed by atoms with Crippen LogP contribution >= 0.6 is 0 Å². The molecule has 3 nitrogen and oxygen atoms in total. The zero-order valence-corrected chi connectivity index (χ0v) is 6.99. The van der Waals surface area contributed by atoms with Crippen LogP contribution in [0.15, 0.2) is 36.4 Å². The van der Waals surface area contributed by atoms with E-state index in [1.807, 2.05) is 30.3 Å². The summed E-state index contributed by atoms with van der Waals surface area (Å²) in [6.07, 6.45) is 0.836. The smallest absolute Gasteiger partial charge is 0.255 e. The summed E-state index contributed by atoms with van der Waals surface area (Å²) in [5.41, 5.74) is 0.996. The predicted molar refractivity (Wildman–Crippen MR) is 48.6 cm³/mol. The summed E-state index contributed by atoms with van der Waals surface area (Å²) in [6, 6.07) is 9.46. The van der Waals surface area contributed by atoms with E-state index in [4.69, 9.17) is 0 Å². The fourth-order valence-corrected chi connectivity index (χ4v) is 0.890. The van der Waals surface area contributed by atoms with E-state index in [9.17, 15) is 9.59 Å². The van der Waals surface area contributed by atoms with Crippen molar-refractivity contribution in [3.8, 4) is 0 Å². The van der Waals surface area contributed by atoms with Gasteiger partial charge in [-0.05, 0) is 5.56 Å². The second kappa shape index (κ2) is 4.91. The number of rotatable bonds is 3. The molecule has 0 heterocycles. The van der Waals surface area contributed by atoms with Crippen LogP contribution in [0.5, 0.6) is 0 Å². The second-order valence-corrected chi connectivity index (χ2v) is 2.47. The molecule has 3 heteroatoms. The normalized spacial score (nSPS) is 8.62. The van der Waals surface area contributed by atoms with E-state index in [0.717, 1.165) is 11.6 Å². The standard InChI is InChI=1S/C10H9NO2/c12-7-6-10(13)11-8-9-4-2-1-3-5-9/h1-6H,8H2,(H,11,13). The van der Waals surface area contributed by atoms with E-state index in [2.05, 4.69) is 5.32 Å². The van der Waals surface area contributed by atoms with Crippen molar-refractivity contribution in [3.63, 3.8) is 0 Å². The molecule has 0 radical (unpaired) electrons. The van der Waals surface area contributed by atoms with Gasteiger partial charge in [-0.2, -0.15) is 0 Å². The molecule has 1 aromatic carbocycles. The fourth-order valence-electron chi connectivity index (χ4n) is 0.890. The molecule has 0 aromatic heterocycles. The lowest BCUT2D eigenvalue weighted by molar-refractivity contribution is -0.116. The number of benzene rings is 1. The topological polar surface area (TPSA) is 46.2 Å². The molecule has 0 saturated heterocycles. The SMILES string of the molecule is O=C=CC(=O)NCc1ccccc1. The molecule has 1 amide bonds. The number of nitrogens with one attached hydrogen (secondary N) is 1. The van der Waals surface area contributed by atoms with Crippen LogP contribution in [0.4, 0.5) is 0 Å². The Morgan fingerprint density at radius 1 is 1.38 bits per heavy atom. The van der Waals surface area contributed by atoms with Gasteiger partial charge in [-0.15, -0.1) is 0 Å². The van der Waals surface area contributed by atoms with Crippen molar-refractivity contribution in [2.24, 2.45) is 0 Å². The van der Waals surface area contributed by atoms with Crippen molar-refractivity contribution >= 4 is 11.8 Å². The Labute approximate surface area is 76.1 Å². The molecule has 0 atom stereocenters. The number of hydrogen-bond acceptors (Lipinski definition) is 2. The Balaban J connectivity index is 2.44. The Kier molecular flexibility index (Phi) is 3.48. The Bertz CT molecular complexity index is 326. The monoisotopic (exact) mass is 175 g/mol. The van der Waals surface area contributed by atoms with E-state index in [1.165, 1.54) is 5.94 Å². The maximum Gasteiger partial charge on any atom is 0.255 e. The van der Waals surface area contributed by atoms with Crippen LogP contribution < -0.4 is 5.32 Å². The molecule has 13 heavy (non-hydrogen) atoms. The van der Waals surface area contributed by atoms with Crippen molar-refractivity contribution < 1.29 is 9.59 Å². The molecule has 0 unspecified atom stereocenters. The summed E-state index contributed by atoms with van der Waals surface area (Å²) in [4.78, 5) is 20.6. The Morgan fingerprint density at radius 2 is 2.08 bits per heavy atom. The van der Waals surface area contributed by atoms with Crippen molar-refractivity contribution in [2.45, 2.75) is 6.54 Å². The molecule has 66 valence electrons. The molecule has 1 rings (SSSR count). The highest BCUT2D eigenvalue weighted by atomic mass is 16.2. The highest BCUT2D eigenvalue weighted by molar-refractivity contribution is 5.94. The summed E-state index contributed by atoms with van der Waals surface area (Å²) in [7, 11) is 0. The van der Waals surface area contributed by atoms with Gasteiger partial charge in [0.1, 0.15) is 5.94 Å². The number of hydrogen-bond donors (Lipinski definition) is 1. The summed E-state index contributed by atoms with van der Waals surface area (Å²) in [6.45, 7) is 0.428. The van der Waals surface area contributed by atoms with Crippen LogP contribution in [-0.2, 0) is 16.1 Å². The van der Waals surface area contributed by atoms with Crippen LogP contribution in [0, 0.1) is 0 Å². The Morgan fingerprint density at radius 3 is 2.69 bits per heavy atom. The lowest BCUT2D eigenvalue weighted by Gasteiger charge is -2.00. The first-order valence-corrected chi connectivity index (χ1v) is 3.85. The quantitative estimate of drug-likeness (QED) is 0.542. The largest absolute Gasteiger partial charge is 0.348 e. The van der Waals surface area contributed by atoms with Gasteiger partial charge in [-0.1, -0.05) is 30.3 Å². The Hall–Kier alpha value is -1.86. The van der Waals surface area contributed by atoms with Crippen LogP contribution in [0.25, 0.3) is 0 Å². The van der Waals surface area contributed by atoms with Gasteiger partial charge in [0.25, 0.3) is 5.91 Å². The van der Waals surface area contributed by atoms with Gasteiger partial charge < -0.3 is 5.32 Å². The van der Waals surface area contributed by atoms with Crippen LogP contribution in [0.2, 0.25) is 0 Å². The molecule has 0 aliphatic rings. The van der Waals surface area contributed by atoms with Gasteiger partial charge in [0, 0.05) is 6.54 Å². The van der Waals surface area contributed by atoms with Crippen LogP contribution in [0.3, 0.4) is 0 Å². The van der Waals surface area contributed by atoms with Crippen molar-refractivity contribution in [3.05, 3.63) is 42.0 Å². The first kappa shape index (κ1) is 9.23. The summed E-state index contributed by atoms with van der Waals surface area (Å²) >= 11 is 0. The molecular formula is C10H9NO2. The maximum absolute atomic E-state index is 10.8. The minimum atomic E-state index is -0.418. The van der Waals surface area contributed by atoms with Crippen LogP contribution in [0.1, 0.15) is 5.56 Å². The lowest BCUT2D eigenvalue weighted by Crippen LogP contribution is -2.20. The van der Waals surface area contributed by atoms with E-state index < -0.39 is 5.91 Å². The summed E-state index contributed by atoms with van der Waals surface area (Å²) in [5.74, 6) is 0.999. The van der Waals surface area contributed by atoms with Gasteiger partial charge in [0.15, 0.2) is 0 Å². The predicted octanol–water partition coefficient (Wildman–Crippen LogP) is 0.691. The molecule has 0 bridgehead atoms. The van der Waals surface area contributed by atoms with Crippen molar-refractivity contribution in [2.75, 3.05) is 0 Å². The second-order valence-electron chi connectivity index (χ2n) is 2.47. The zero-order chi connectivity index (χ0) is 9.52. The molecule has 1 N–H and O–H groups in total. The highest BCUT2D eigenvalue weighted by Gasteiger charge is 1.94. The van der Waals surface area contributed by atoms with Gasteiger partial charge >= 0.3 is 0 Å². The highest BCUT2D eigenvalue weighted by Crippen LogP contribution is 1.96. The first-order chi connectivity index (χ1) is 6.33. The third-order valence-electron chi connectivity index (χ3n) is 1.50. The number of amides is 1. The van der Waals surface area contributed by atoms with Crippen LogP contribution in [-0.4, -0.2) is 11.8 Å². The minimum absolute atomic E-state index is 0.418. The molecule has 0 fully saturated rings. The molecule has 0 saturated carbocycles. The lowest BCUT2D eigenvalue weighted by atomic mass is 10.2. The van der Waals surface area contributed by atoms with Gasteiger partial charge in [-0.25, -0.2) is 4.79 Å². The summed E-state index contributed by atoms with van der Waals surface area (Å²) < 4.78 is 0. The van der Waals surface area contributed by atoms with E-state index in [1.54, 1.807) is 0 Å². The van der Waals surface area contributed by atoms with E-state index >= 15 is 0 Å². The zero-order valence-electron chi connectivity index (χ0n) is 6.99. The van der Waals surface area contributed by atoms with Crippen molar-refractivity contribution in [1.29, 1.82) is 0 Å². The fraction of sp³-hybridized carbons (Fsp3) is 0.100. The number of carbonyl (C=O) groups is 1. The molecule has 0 aliphatic carbocycles. The maximum atomic E-state index is 10.8. The van der Waals surface area contributed by atoms with Gasteiger partial charge in [-0.3, -0.25) is 4.79 Å². The minimum Gasteiger partial charge on any atom is -0.348 e. The average molecular weight is 175 g/mol. The van der Waals surface area contributed by atoms with Crippen molar-refractivity contribution in [1.82, 2.24) is 5.32 Å². The van der Waals surface area contributed by atoms with E-state index in [0.29, 0.717) is 6.54 Å². The summed E-state index contributed by atoms with van der Waals surface area (Å²) in [5, 5.41) is 2.54. The van der Waals surface area contributed by atoms with Gasteiger partial charge in [0.05, 0.1) is 6.08 Å². The molecular weight excluding hydrogens is 166 g/mol. The first-order valence-electron chi connectivity index (χ1n) is 3.85.